The molecule has 1 amide bonds. The highest BCUT2D eigenvalue weighted by Crippen LogP contribution is 2.29. The number of sulfonamides is 1. The average molecular weight is 499 g/mol. The minimum Gasteiger partial charge on any atom is -0.379 e. The summed E-state index contributed by atoms with van der Waals surface area (Å²) in [7, 11) is -3.51. The summed E-state index contributed by atoms with van der Waals surface area (Å²) >= 11 is 12.1. The van der Waals surface area contributed by atoms with Gasteiger partial charge in [-0.2, -0.15) is 4.31 Å². The summed E-state index contributed by atoms with van der Waals surface area (Å²) in [6.07, 6.45) is 0.837. The molecule has 2 aromatic carbocycles. The van der Waals surface area contributed by atoms with E-state index in [1.165, 1.54) is 4.31 Å². The van der Waals surface area contributed by atoms with E-state index in [4.69, 9.17) is 27.9 Å². The number of nitrogens with zero attached hydrogens (tertiary/aromatic N) is 1. The SMILES string of the molecule is CC(C)(CNC(=O)CCc1ccc(S(=O)(=O)N2CCOCC2)cc1)c1ccc(Cl)c(Cl)c1. The average Bonchev–Trinajstić information content (AvgIpc) is 2.79. The number of hydrogen-bond acceptors (Lipinski definition) is 4. The van der Waals surface area contributed by atoms with Crippen molar-refractivity contribution in [1.82, 2.24) is 9.62 Å². The summed E-state index contributed by atoms with van der Waals surface area (Å²) in [5.74, 6) is -0.0665. The lowest BCUT2D eigenvalue weighted by Crippen LogP contribution is -2.40. The number of nitrogens with one attached hydrogen (secondary N) is 1. The normalized spacial score (nSPS) is 15.5. The molecule has 0 unspecified atom stereocenters. The van der Waals surface area contributed by atoms with Crippen LogP contribution in [0.3, 0.4) is 0 Å². The van der Waals surface area contributed by atoms with E-state index >= 15 is 0 Å². The lowest BCUT2D eigenvalue weighted by Gasteiger charge is -2.26. The van der Waals surface area contributed by atoms with E-state index in [9.17, 15) is 13.2 Å². The standard InChI is InChI=1S/C23H28Cl2N2O4S/c1-23(2,18-6-9-20(24)21(25)15-18)16-26-22(28)10-5-17-3-7-19(8-4-17)32(29,30)27-11-13-31-14-12-27/h3-4,6-9,15H,5,10-14,16H2,1-2H3,(H,26,28). The van der Waals surface area contributed by atoms with E-state index < -0.39 is 10.0 Å². The molecule has 1 N–H and O–H groups in total. The Morgan fingerprint density at radius 1 is 1.06 bits per heavy atom. The number of morpholine rings is 1. The van der Waals surface area contributed by atoms with Crippen molar-refractivity contribution in [1.29, 1.82) is 0 Å². The first-order valence-corrected chi connectivity index (χ1v) is 12.7. The van der Waals surface area contributed by atoms with Crippen LogP contribution >= 0.6 is 23.2 Å². The number of rotatable bonds is 8. The number of amides is 1. The Balaban J connectivity index is 1.52. The minimum atomic E-state index is -3.51. The fourth-order valence-electron chi connectivity index (χ4n) is 3.45. The number of carbonyl (C=O) groups is 1. The van der Waals surface area contributed by atoms with Gasteiger partial charge >= 0.3 is 0 Å². The molecule has 1 aliphatic rings. The predicted octanol–water partition coefficient (Wildman–Crippen LogP) is 4.04. The van der Waals surface area contributed by atoms with Crippen LogP contribution in [0.5, 0.6) is 0 Å². The van der Waals surface area contributed by atoms with E-state index in [-0.39, 0.29) is 16.2 Å². The summed E-state index contributed by atoms with van der Waals surface area (Å²) < 4.78 is 32.0. The first-order chi connectivity index (χ1) is 15.1. The van der Waals surface area contributed by atoms with Gasteiger partial charge in [0.2, 0.25) is 15.9 Å². The van der Waals surface area contributed by atoms with Crippen molar-refractivity contribution in [3.05, 3.63) is 63.6 Å². The molecule has 32 heavy (non-hydrogen) atoms. The molecule has 9 heteroatoms. The van der Waals surface area contributed by atoms with Crippen LogP contribution in [0.1, 0.15) is 31.4 Å². The fraction of sp³-hybridized carbons (Fsp3) is 0.435. The number of carbonyl (C=O) groups excluding carboxylic acids is 1. The molecule has 0 radical (unpaired) electrons. The van der Waals surface area contributed by atoms with E-state index in [2.05, 4.69) is 5.32 Å². The highest BCUT2D eigenvalue weighted by atomic mass is 35.5. The second kappa shape index (κ2) is 10.5. The Hall–Kier alpha value is -1.64. The second-order valence-corrected chi connectivity index (χ2v) is 11.2. The Morgan fingerprint density at radius 2 is 1.72 bits per heavy atom. The van der Waals surface area contributed by atoms with Gasteiger partial charge in [-0.05, 0) is 41.8 Å². The molecule has 2 aromatic rings. The Morgan fingerprint density at radius 3 is 2.34 bits per heavy atom. The summed E-state index contributed by atoms with van der Waals surface area (Å²) in [4.78, 5) is 12.6. The minimum absolute atomic E-state index is 0.0665. The van der Waals surface area contributed by atoms with E-state index in [0.717, 1.165) is 11.1 Å². The molecule has 1 fully saturated rings. The number of halogens is 2. The molecule has 0 spiro atoms. The van der Waals surface area contributed by atoms with Crippen molar-refractivity contribution in [2.75, 3.05) is 32.8 Å². The zero-order valence-corrected chi connectivity index (χ0v) is 20.6. The van der Waals surface area contributed by atoms with Crippen LogP contribution in [-0.2, 0) is 31.4 Å². The van der Waals surface area contributed by atoms with Crippen molar-refractivity contribution >= 4 is 39.1 Å². The zero-order valence-electron chi connectivity index (χ0n) is 18.2. The molecule has 1 saturated heterocycles. The number of hydrogen-bond donors (Lipinski definition) is 1. The highest BCUT2D eigenvalue weighted by Gasteiger charge is 2.26. The van der Waals surface area contributed by atoms with Crippen molar-refractivity contribution in [2.45, 2.75) is 37.0 Å². The number of ether oxygens (including phenoxy) is 1. The highest BCUT2D eigenvalue weighted by molar-refractivity contribution is 7.89. The summed E-state index contributed by atoms with van der Waals surface area (Å²) in [5, 5.41) is 3.96. The molecule has 0 aromatic heterocycles. The molecule has 0 atom stereocenters. The molecule has 1 heterocycles. The van der Waals surface area contributed by atoms with Gasteiger partial charge in [-0.15, -0.1) is 0 Å². The first-order valence-electron chi connectivity index (χ1n) is 10.5. The third kappa shape index (κ3) is 6.23. The molecule has 0 saturated carbocycles. The lowest BCUT2D eigenvalue weighted by molar-refractivity contribution is -0.121. The number of benzene rings is 2. The van der Waals surface area contributed by atoms with Gasteiger partial charge in [0.1, 0.15) is 0 Å². The van der Waals surface area contributed by atoms with Gasteiger partial charge in [0, 0.05) is 31.5 Å². The molecule has 0 bridgehead atoms. The second-order valence-electron chi connectivity index (χ2n) is 8.45. The molecular weight excluding hydrogens is 471 g/mol. The van der Waals surface area contributed by atoms with E-state index in [0.29, 0.717) is 55.7 Å². The summed E-state index contributed by atoms with van der Waals surface area (Å²) in [6.45, 7) is 6.07. The van der Waals surface area contributed by atoms with Crippen LogP contribution < -0.4 is 5.32 Å². The molecule has 0 aliphatic carbocycles. The maximum Gasteiger partial charge on any atom is 0.243 e. The largest absolute Gasteiger partial charge is 0.379 e. The smallest absolute Gasteiger partial charge is 0.243 e. The van der Waals surface area contributed by atoms with Gasteiger partial charge in [-0.3, -0.25) is 4.79 Å². The third-order valence-electron chi connectivity index (χ3n) is 5.60. The van der Waals surface area contributed by atoms with Crippen LogP contribution in [0.2, 0.25) is 10.0 Å². The maximum atomic E-state index is 12.7. The maximum absolute atomic E-state index is 12.7. The van der Waals surface area contributed by atoms with Gasteiger partial charge in [-0.1, -0.05) is 55.2 Å². The summed E-state index contributed by atoms with van der Waals surface area (Å²) in [5.41, 5.74) is 1.59. The van der Waals surface area contributed by atoms with Crippen LogP contribution in [0, 0.1) is 0 Å². The number of aryl methyl sites for hydroxylation is 1. The van der Waals surface area contributed by atoms with Gasteiger partial charge in [0.25, 0.3) is 0 Å². The van der Waals surface area contributed by atoms with Crippen molar-refractivity contribution in [2.24, 2.45) is 0 Å². The van der Waals surface area contributed by atoms with Gasteiger partial charge in [0.15, 0.2) is 0 Å². The Bertz CT molecular complexity index is 1050. The third-order valence-corrected chi connectivity index (χ3v) is 8.25. The summed E-state index contributed by atoms with van der Waals surface area (Å²) in [6, 6.07) is 12.2. The quantitative estimate of drug-likeness (QED) is 0.595. The van der Waals surface area contributed by atoms with Crippen molar-refractivity contribution in [3.63, 3.8) is 0 Å². The first kappa shape index (κ1) is 25.0. The van der Waals surface area contributed by atoms with Crippen LogP contribution in [-0.4, -0.2) is 51.5 Å². The monoisotopic (exact) mass is 498 g/mol. The lowest BCUT2D eigenvalue weighted by atomic mass is 9.84. The predicted molar refractivity (Wildman–Crippen MR) is 127 cm³/mol. The van der Waals surface area contributed by atoms with Gasteiger partial charge in [0.05, 0.1) is 28.2 Å². The molecular formula is C23H28Cl2N2O4S. The zero-order chi connectivity index (χ0) is 23.4. The fourth-order valence-corrected chi connectivity index (χ4v) is 5.16. The van der Waals surface area contributed by atoms with Gasteiger partial charge in [-0.25, -0.2) is 8.42 Å². The molecule has 1 aliphatic heterocycles. The van der Waals surface area contributed by atoms with Crippen LogP contribution in [0.15, 0.2) is 47.4 Å². The van der Waals surface area contributed by atoms with Crippen LogP contribution in [0.4, 0.5) is 0 Å². The Kier molecular flexibility index (Phi) is 8.22. The van der Waals surface area contributed by atoms with Gasteiger partial charge < -0.3 is 10.1 Å². The van der Waals surface area contributed by atoms with Crippen LogP contribution in [0.25, 0.3) is 0 Å². The van der Waals surface area contributed by atoms with Crippen molar-refractivity contribution < 1.29 is 17.9 Å². The molecule has 3 rings (SSSR count). The van der Waals surface area contributed by atoms with E-state index in [1.54, 1.807) is 30.3 Å². The topological polar surface area (TPSA) is 75.7 Å². The Labute approximate surface area is 199 Å². The van der Waals surface area contributed by atoms with Crippen molar-refractivity contribution in [3.8, 4) is 0 Å². The molecule has 6 nitrogen and oxygen atoms in total. The molecule has 174 valence electrons. The van der Waals surface area contributed by atoms with E-state index in [1.807, 2.05) is 26.0 Å².